The summed E-state index contributed by atoms with van der Waals surface area (Å²) in [5, 5.41) is 0. The second-order valence-corrected chi connectivity index (χ2v) is 23.4. The Labute approximate surface area is 503 Å². The molecule has 0 N–H and O–H groups in total. The van der Waals surface area contributed by atoms with Crippen molar-refractivity contribution in [2.75, 3.05) is 47.5 Å². The summed E-state index contributed by atoms with van der Waals surface area (Å²) in [6.07, 6.45) is 91.5. The summed E-state index contributed by atoms with van der Waals surface area (Å²) in [5.74, 6) is -0.874. The van der Waals surface area contributed by atoms with Gasteiger partial charge in [0.2, 0.25) is 0 Å². The van der Waals surface area contributed by atoms with Crippen LogP contribution < -0.4 is 4.89 Å². The summed E-state index contributed by atoms with van der Waals surface area (Å²) in [6.45, 7) is 3.97. The van der Waals surface area contributed by atoms with Gasteiger partial charge in [-0.1, -0.05) is 255 Å². The van der Waals surface area contributed by atoms with Crippen molar-refractivity contribution in [1.29, 1.82) is 0 Å². The summed E-state index contributed by atoms with van der Waals surface area (Å²) >= 11 is 0. The Hall–Kier alpha value is -4.37. The molecule has 0 fully saturated rings. The van der Waals surface area contributed by atoms with Crippen LogP contribution in [0.4, 0.5) is 0 Å². The lowest BCUT2D eigenvalue weighted by atomic mass is 10.0. The molecule has 464 valence electrons. The molecule has 0 spiro atoms. The second kappa shape index (κ2) is 61.2. The number of carbonyl (C=O) groups excluding carboxylic acids is 2. The minimum atomic E-state index is -4.66. The number of ether oxygens (including phenoxy) is 2. The predicted octanol–water partition coefficient (Wildman–Crippen LogP) is 20.2. The minimum Gasteiger partial charge on any atom is -0.756 e. The molecule has 2 atom stereocenters. The Bertz CT molecular complexity index is 1940. The topological polar surface area (TPSA) is 111 Å². The molecule has 0 aliphatic carbocycles. The van der Waals surface area contributed by atoms with Gasteiger partial charge in [-0.15, -0.1) is 0 Å². The second-order valence-electron chi connectivity index (χ2n) is 22.0. The average Bonchev–Trinajstić information content (AvgIpc) is 3.45. The third-order valence-corrected chi connectivity index (χ3v) is 14.0. The molecule has 0 aromatic rings. The van der Waals surface area contributed by atoms with Gasteiger partial charge in [-0.05, 0) is 122 Å². The van der Waals surface area contributed by atoms with E-state index in [1.54, 1.807) is 0 Å². The van der Waals surface area contributed by atoms with Crippen LogP contribution in [0.3, 0.4) is 0 Å². The average molecular weight is 1160 g/mol. The summed E-state index contributed by atoms with van der Waals surface area (Å²) in [4.78, 5) is 38.0. The van der Waals surface area contributed by atoms with Crippen molar-refractivity contribution >= 4 is 19.8 Å². The molecule has 10 heteroatoms. The maximum Gasteiger partial charge on any atom is 0.306 e. The van der Waals surface area contributed by atoms with E-state index in [-0.39, 0.29) is 26.1 Å². The van der Waals surface area contributed by atoms with Crippen molar-refractivity contribution in [2.24, 2.45) is 0 Å². The number of likely N-dealkylation sites (N-methyl/N-ethyl adjacent to an activating group) is 1. The Morgan fingerprint density at radius 2 is 0.659 bits per heavy atom. The van der Waals surface area contributed by atoms with E-state index in [0.29, 0.717) is 17.4 Å². The number of hydrogen-bond donors (Lipinski definition) is 0. The van der Waals surface area contributed by atoms with Gasteiger partial charge in [0, 0.05) is 12.8 Å². The first kappa shape index (κ1) is 77.6. The SMILES string of the molecule is CC/C=C\C/C=C\C/C=C\C/C=C\C/C=C\C/C=C\C/C=C\C/C=C\CCCCCCC(=O)OC(COC(=O)CCCCCCCCCCCCCCC/C=C\C/C=C\C/C=C\C/C=C\C/C=C\CC)COP(=O)([O-])OCC[N+](C)(C)C. The first-order valence-corrected chi connectivity index (χ1v) is 33.7. The van der Waals surface area contributed by atoms with Crippen molar-refractivity contribution in [2.45, 2.75) is 238 Å². The molecule has 0 rings (SSSR count). The summed E-state index contributed by atoms with van der Waals surface area (Å²) in [5.41, 5.74) is 0. The highest BCUT2D eigenvalue weighted by Gasteiger charge is 2.22. The number of quaternary nitrogens is 1. The lowest BCUT2D eigenvalue weighted by molar-refractivity contribution is -0.870. The fraction of sp³-hybridized carbons (Fsp3) is 0.611. The number of unbranched alkanes of at least 4 members (excludes halogenated alkanes) is 17. The van der Waals surface area contributed by atoms with Crippen LogP contribution >= 0.6 is 7.82 Å². The van der Waals surface area contributed by atoms with Crippen molar-refractivity contribution in [3.63, 3.8) is 0 Å². The van der Waals surface area contributed by atoms with E-state index < -0.39 is 32.5 Å². The lowest BCUT2D eigenvalue weighted by Gasteiger charge is -2.28. The van der Waals surface area contributed by atoms with Crippen LogP contribution in [0.15, 0.2) is 158 Å². The maximum absolute atomic E-state index is 12.8. The van der Waals surface area contributed by atoms with E-state index in [1.165, 1.54) is 64.2 Å². The van der Waals surface area contributed by atoms with E-state index in [0.717, 1.165) is 135 Å². The molecule has 2 unspecified atom stereocenters. The fourth-order valence-corrected chi connectivity index (χ4v) is 8.90. The summed E-state index contributed by atoms with van der Waals surface area (Å²) in [7, 11) is 1.13. The van der Waals surface area contributed by atoms with Gasteiger partial charge in [0.1, 0.15) is 19.8 Å². The highest BCUT2D eigenvalue weighted by atomic mass is 31.2. The highest BCUT2D eigenvalue weighted by molar-refractivity contribution is 7.45. The molecule has 0 saturated heterocycles. The van der Waals surface area contributed by atoms with E-state index in [1.807, 2.05) is 21.1 Å². The van der Waals surface area contributed by atoms with Crippen LogP contribution in [0.25, 0.3) is 0 Å². The number of nitrogens with zero attached hydrogens (tertiary/aromatic N) is 1. The Morgan fingerprint density at radius 1 is 0.378 bits per heavy atom. The van der Waals surface area contributed by atoms with Gasteiger partial charge in [0.05, 0.1) is 27.7 Å². The molecule has 0 bridgehead atoms. The third kappa shape index (κ3) is 64.8. The van der Waals surface area contributed by atoms with Gasteiger partial charge < -0.3 is 27.9 Å². The molecule has 82 heavy (non-hydrogen) atoms. The molecular formula is C72H118NO8P. The van der Waals surface area contributed by atoms with Crippen LogP contribution in [-0.4, -0.2) is 70.0 Å². The number of esters is 2. The normalized spacial score (nSPS) is 14.3. The lowest BCUT2D eigenvalue weighted by Crippen LogP contribution is -2.37. The van der Waals surface area contributed by atoms with Gasteiger partial charge in [-0.3, -0.25) is 14.2 Å². The largest absolute Gasteiger partial charge is 0.756 e. The zero-order valence-electron chi connectivity index (χ0n) is 52.6. The van der Waals surface area contributed by atoms with Gasteiger partial charge in [-0.25, -0.2) is 0 Å². The molecule has 0 aromatic heterocycles. The predicted molar refractivity (Wildman–Crippen MR) is 350 cm³/mol. The van der Waals surface area contributed by atoms with Crippen LogP contribution in [0, 0.1) is 0 Å². The van der Waals surface area contributed by atoms with Crippen LogP contribution in [0.2, 0.25) is 0 Å². The van der Waals surface area contributed by atoms with E-state index in [2.05, 4.69) is 172 Å². The van der Waals surface area contributed by atoms with Crippen LogP contribution in [0.1, 0.15) is 232 Å². The molecule has 0 heterocycles. The molecule has 0 amide bonds. The zero-order valence-corrected chi connectivity index (χ0v) is 53.5. The standard InChI is InChI=1S/C72H118NO8P/c1-6-8-10-12-14-16-18-20-22-24-26-28-30-32-34-36-38-40-42-44-46-48-50-52-54-56-58-60-62-64-71(74)78-68-70(69-80-82(76,77)79-67-66-73(3,4)5)81-72(75)65-63-61-59-57-55-53-51-49-47-45-43-41-39-37-35-33-31-29-27-25-23-21-19-17-15-13-11-9-7-2/h8-11,14-17,20-23,26-29,32-35,39,41,45,47,51,53,70H,6-7,12-13,18-19,24-25,30-31,36-38,40,42-44,46,48-50,52,54-69H2,1-5H3/b10-8-,11-9-,16-14-,17-15-,22-20-,23-21-,28-26-,29-27-,34-32-,35-33-,41-39-,47-45-,53-51-. The molecule has 0 saturated carbocycles. The van der Waals surface area contributed by atoms with Gasteiger partial charge in [0.15, 0.2) is 6.10 Å². The van der Waals surface area contributed by atoms with Crippen molar-refractivity contribution in [1.82, 2.24) is 0 Å². The monoisotopic (exact) mass is 1160 g/mol. The number of phosphoric ester groups is 1. The molecule has 9 nitrogen and oxygen atoms in total. The van der Waals surface area contributed by atoms with Gasteiger partial charge >= 0.3 is 11.9 Å². The summed E-state index contributed by atoms with van der Waals surface area (Å²) < 4.78 is 34.2. The summed E-state index contributed by atoms with van der Waals surface area (Å²) in [6, 6.07) is 0. The Balaban J connectivity index is 4.21. The van der Waals surface area contributed by atoms with Gasteiger partial charge in [0.25, 0.3) is 7.82 Å². The van der Waals surface area contributed by atoms with E-state index in [9.17, 15) is 19.0 Å². The van der Waals surface area contributed by atoms with Crippen molar-refractivity contribution in [3.8, 4) is 0 Å². The Morgan fingerprint density at radius 3 is 0.976 bits per heavy atom. The first-order valence-electron chi connectivity index (χ1n) is 32.2. The maximum atomic E-state index is 12.8. The molecule has 0 radical (unpaired) electrons. The molecule has 0 aliphatic rings. The zero-order chi connectivity index (χ0) is 59.8. The number of hydrogen-bond acceptors (Lipinski definition) is 8. The number of phosphoric acid groups is 1. The van der Waals surface area contributed by atoms with Gasteiger partial charge in [-0.2, -0.15) is 0 Å². The molecule has 0 aliphatic heterocycles. The quantitative estimate of drug-likeness (QED) is 0.0195. The van der Waals surface area contributed by atoms with Crippen molar-refractivity contribution in [3.05, 3.63) is 158 Å². The number of allylic oxidation sites excluding steroid dienone is 26. The first-order chi connectivity index (χ1) is 40.0. The minimum absolute atomic E-state index is 0.0450. The number of rotatable bonds is 57. The smallest absolute Gasteiger partial charge is 0.306 e. The molecular weight excluding hydrogens is 1040 g/mol. The van der Waals surface area contributed by atoms with E-state index in [4.69, 9.17) is 18.5 Å². The van der Waals surface area contributed by atoms with Crippen LogP contribution in [-0.2, 0) is 32.7 Å². The molecule has 0 aromatic carbocycles. The number of carbonyl (C=O) groups is 2. The highest BCUT2D eigenvalue weighted by Crippen LogP contribution is 2.38. The van der Waals surface area contributed by atoms with E-state index >= 15 is 0 Å². The fourth-order valence-electron chi connectivity index (χ4n) is 8.17. The van der Waals surface area contributed by atoms with Crippen molar-refractivity contribution < 1.29 is 42.1 Å². The third-order valence-electron chi connectivity index (χ3n) is 13.0. The Kier molecular flexibility index (Phi) is 57.9. The van der Waals surface area contributed by atoms with Crippen LogP contribution in [0.5, 0.6) is 0 Å².